The molecule has 0 aliphatic carbocycles. The molecule has 0 atom stereocenters. The lowest BCUT2D eigenvalue weighted by atomic mass is 9.90. The van der Waals surface area contributed by atoms with E-state index in [-0.39, 0.29) is 5.54 Å². The summed E-state index contributed by atoms with van der Waals surface area (Å²) in [6.45, 7) is 7.65. The summed E-state index contributed by atoms with van der Waals surface area (Å²) in [7, 11) is 0. The van der Waals surface area contributed by atoms with E-state index in [0.717, 1.165) is 19.4 Å². The molecule has 0 bridgehead atoms. The van der Waals surface area contributed by atoms with Crippen molar-refractivity contribution in [2.45, 2.75) is 39.2 Å². The highest BCUT2D eigenvalue weighted by Crippen LogP contribution is 2.33. The third-order valence-corrected chi connectivity index (χ3v) is 3.55. The Morgan fingerprint density at radius 1 is 1.20 bits per heavy atom. The summed E-state index contributed by atoms with van der Waals surface area (Å²) in [5.41, 5.74) is 4.04. The normalized spacial score (nSPS) is 17.5. The van der Waals surface area contributed by atoms with Gasteiger partial charge in [0.15, 0.2) is 0 Å². The minimum absolute atomic E-state index is 0.238. The number of benzene rings is 1. The van der Waals surface area contributed by atoms with Gasteiger partial charge in [0.1, 0.15) is 0 Å². The number of hydrogen-bond acceptors (Lipinski definition) is 2. The largest absolute Gasteiger partial charge is 0.381 e. The third kappa shape index (κ3) is 1.81. The van der Waals surface area contributed by atoms with E-state index in [0.29, 0.717) is 0 Å². The van der Waals surface area contributed by atoms with Crippen LogP contribution in [0.1, 0.15) is 32.3 Å². The molecule has 0 saturated heterocycles. The molecule has 1 aliphatic rings. The van der Waals surface area contributed by atoms with E-state index >= 15 is 0 Å². The van der Waals surface area contributed by atoms with Crippen molar-refractivity contribution >= 4 is 11.4 Å². The van der Waals surface area contributed by atoms with Gasteiger partial charge in [-0.1, -0.05) is 19.9 Å². The molecule has 1 aromatic rings. The Morgan fingerprint density at radius 2 is 1.93 bits per heavy atom. The van der Waals surface area contributed by atoms with Gasteiger partial charge in [-0.2, -0.15) is 0 Å². The van der Waals surface area contributed by atoms with Gasteiger partial charge in [-0.25, -0.2) is 0 Å². The number of nitrogens with one attached hydrogen (secondary N) is 2. The van der Waals surface area contributed by atoms with Crippen molar-refractivity contribution in [2.75, 3.05) is 17.2 Å². The standard InChI is InChI=1S/C13H20N2/c1-4-13(5-2)9-14-12-8-10(3)6-7-11(12)15-13/h6-8,14-15H,4-5,9H2,1-3H3. The second-order valence-electron chi connectivity index (χ2n) is 4.52. The first kappa shape index (κ1) is 10.3. The van der Waals surface area contributed by atoms with Gasteiger partial charge in [0.2, 0.25) is 0 Å². The van der Waals surface area contributed by atoms with Crippen molar-refractivity contribution in [1.29, 1.82) is 0 Å². The van der Waals surface area contributed by atoms with Crippen LogP contribution < -0.4 is 10.6 Å². The maximum atomic E-state index is 3.67. The highest BCUT2D eigenvalue weighted by Gasteiger charge is 2.29. The van der Waals surface area contributed by atoms with E-state index in [1.54, 1.807) is 0 Å². The predicted octanol–water partition coefficient (Wildman–Crippen LogP) is 3.39. The van der Waals surface area contributed by atoms with Crippen LogP contribution in [0.2, 0.25) is 0 Å². The summed E-state index contributed by atoms with van der Waals surface area (Å²) >= 11 is 0. The molecule has 0 aromatic heterocycles. The molecular weight excluding hydrogens is 184 g/mol. The number of anilines is 2. The van der Waals surface area contributed by atoms with Crippen LogP contribution in [0.25, 0.3) is 0 Å². The number of aryl methyl sites for hydroxylation is 1. The molecular formula is C13H20N2. The minimum atomic E-state index is 0.238. The molecule has 0 spiro atoms. The van der Waals surface area contributed by atoms with E-state index in [9.17, 15) is 0 Å². The van der Waals surface area contributed by atoms with Crippen molar-refractivity contribution in [3.8, 4) is 0 Å². The van der Waals surface area contributed by atoms with Crippen LogP contribution in [0.5, 0.6) is 0 Å². The molecule has 0 saturated carbocycles. The fourth-order valence-electron chi connectivity index (χ4n) is 2.18. The first-order valence-corrected chi connectivity index (χ1v) is 5.82. The van der Waals surface area contributed by atoms with Gasteiger partial charge in [0.05, 0.1) is 16.9 Å². The Labute approximate surface area is 92.1 Å². The van der Waals surface area contributed by atoms with E-state index in [2.05, 4.69) is 49.6 Å². The molecule has 1 heterocycles. The van der Waals surface area contributed by atoms with E-state index in [4.69, 9.17) is 0 Å². The van der Waals surface area contributed by atoms with Crippen LogP contribution in [0.15, 0.2) is 18.2 Å². The highest BCUT2D eigenvalue weighted by atomic mass is 15.1. The summed E-state index contributed by atoms with van der Waals surface area (Å²) in [4.78, 5) is 0. The van der Waals surface area contributed by atoms with Crippen molar-refractivity contribution in [1.82, 2.24) is 0 Å². The maximum absolute atomic E-state index is 3.67. The van der Waals surface area contributed by atoms with Gasteiger partial charge in [-0.05, 0) is 37.5 Å². The lowest BCUT2D eigenvalue weighted by molar-refractivity contribution is 0.451. The summed E-state index contributed by atoms with van der Waals surface area (Å²) in [6, 6.07) is 6.55. The predicted molar refractivity (Wildman–Crippen MR) is 66.6 cm³/mol. The Morgan fingerprint density at radius 3 is 2.60 bits per heavy atom. The first-order valence-electron chi connectivity index (χ1n) is 5.82. The third-order valence-electron chi connectivity index (χ3n) is 3.55. The van der Waals surface area contributed by atoms with Crippen molar-refractivity contribution in [3.05, 3.63) is 23.8 Å². The molecule has 2 N–H and O–H groups in total. The van der Waals surface area contributed by atoms with Crippen LogP contribution >= 0.6 is 0 Å². The van der Waals surface area contributed by atoms with Gasteiger partial charge in [0, 0.05) is 6.54 Å². The van der Waals surface area contributed by atoms with Crippen LogP contribution in [-0.2, 0) is 0 Å². The van der Waals surface area contributed by atoms with Crippen LogP contribution in [-0.4, -0.2) is 12.1 Å². The zero-order valence-corrected chi connectivity index (χ0v) is 9.85. The minimum Gasteiger partial charge on any atom is -0.381 e. The average Bonchev–Trinajstić information content (AvgIpc) is 2.28. The lowest BCUT2D eigenvalue weighted by Gasteiger charge is -2.39. The molecule has 2 heteroatoms. The summed E-state index contributed by atoms with van der Waals surface area (Å²) < 4.78 is 0. The second kappa shape index (κ2) is 3.76. The first-order chi connectivity index (χ1) is 7.19. The molecule has 82 valence electrons. The Balaban J connectivity index is 2.30. The van der Waals surface area contributed by atoms with Gasteiger partial charge < -0.3 is 10.6 Å². The van der Waals surface area contributed by atoms with Gasteiger partial charge in [-0.3, -0.25) is 0 Å². The second-order valence-corrected chi connectivity index (χ2v) is 4.52. The van der Waals surface area contributed by atoms with Crippen LogP contribution in [0.4, 0.5) is 11.4 Å². The Kier molecular flexibility index (Phi) is 2.59. The molecule has 15 heavy (non-hydrogen) atoms. The molecule has 2 rings (SSSR count). The highest BCUT2D eigenvalue weighted by molar-refractivity contribution is 5.73. The number of fused-ring (bicyclic) bond motifs is 1. The zero-order chi connectivity index (χ0) is 10.9. The van der Waals surface area contributed by atoms with E-state index in [1.165, 1.54) is 16.9 Å². The summed E-state index contributed by atoms with van der Waals surface area (Å²) in [6.07, 6.45) is 2.31. The van der Waals surface area contributed by atoms with Crippen LogP contribution in [0.3, 0.4) is 0 Å². The maximum Gasteiger partial charge on any atom is 0.0581 e. The van der Waals surface area contributed by atoms with Crippen molar-refractivity contribution < 1.29 is 0 Å². The average molecular weight is 204 g/mol. The molecule has 0 amide bonds. The van der Waals surface area contributed by atoms with Crippen molar-refractivity contribution in [3.63, 3.8) is 0 Å². The fourth-order valence-corrected chi connectivity index (χ4v) is 2.18. The van der Waals surface area contributed by atoms with E-state index < -0.39 is 0 Å². The molecule has 0 unspecified atom stereocenters. The Bertz CT molecular complexity index is 354. The topological polar surface area (TPSA) is 24.1 Å². The Hall–Kier alpha value is -1.18. The van der Waals surface area contributed by atoms with Gasteiger partial charge >= 0.3 is 0 Å². The zero-order valence-electron chi connectivity index (χ0n) is 9.85. The monoisotopic (exact) mass is 204 g/mol. The summed E-state index contributed by atoms with van der Waals surface area (Å²) in [5, 5.41) is 7.21. The molecule has 0 fully saturated rings. The SMILES string of the molecule is CCC1(CC)CNc2cc(C)ccc2N1. The number of rotatable bonds is 2. The molecule has 1 aromatic carbocycles. The number of hydrogen-bond donors (Lipinski definition) is 2. The fraction of sp³-hybridized carbons (Fsp3) is 0.538. The van der Waals surface area contributed by atoms with Crippen molar-refractivity contribution in [2.24, 2.45) is 0 Å². The molecule has 2 nitrogen and oxygen atoms in total. The van der Waals surface area contributed by atoms with E-state index in [1.807, 2.05) is 0 Å². The summed E-state index contributed by atoms with van der Waals surface area (Å²) in [5.74, 6) is 0. The van der Waals surface area contributed by atoms with Gasteiger partial charge in [-0.15, -0.1) is 0 Å². The quantitative estimate of drug-likeness (QED) is 0.771. The van der Waals surface area contributed by atoms with Gasteiger partial charge in [0.25, 0.3) is 0 Å². The molecule has 0 radical (unpaired) electrons. The van der Waals surface area contributed by atoms with Crippen LogP contribution in [0, 0.1) is 6.92 Å². The smallest absolute Gasteiger partial charge is 0.0581 e. The lowest BCUT2D eigenvalue weighted by Crippen LogP contribution is -2.46. The molecule has 1 aliphatic heterocycles.